The van der Waals surface area contributed by atoms with Crippen LogP contribution in [0, 0.1) is 0 Å². The second kappa shape index (κ2) is 32.2. The van der Waals surface area contributed by atoms with E-state index in [2.05, 4.69) is 92.1 Å². The zero-order chi connectivity index (χ0) is 43.3. The van der Waals surface area contributed by atoms with Crippen molar-refractivity contribution in [3.8, 4) is 0 Å². The molecule has 0 spiro atoms. The van der Waals surface area contributed by atoms with Crippen LogP contribution in [0.3, 0.4) is 0 Å². The Kier molecular flexibility index (Phi) is 28.7. The average molecular weight is 838 g/mol. The molecule has 14 heteroatoms. The monoisotopic (exact) mass is 838 g/mol. The summed E-state index contributed by atoms with van der Waals surface area (Å²) < 4.78 is 22.5. The highest BCUT2D eigenvalue weighted by Gasteiger charge is 2.50. The van der Waals surface area contributed by atoms with Crippen molar-refractivity contribution >= 4 is 5.91 Å². The molecule has 2 fully saturated rings. The van der Waals surface area contributed by atoms with Gasteiger partial charge >= 0.3 is 0 Å². The number of nitrogens with one attached hydrogen (secondary N) is 1. The lowest BCUT2D eigenvalue weighted by atomic mass is 9.97. The predicted molar refractivity (Wildman–Crippen MR) is 226 cm³/mol. The van der Waals surface area contributed by atoms with Crippen molar-refractivity contribution in [2.24, 2.45) is 0 Å². The maximum atomic E-state index is 13.0. The second-order valence-corrected chi connectivity index (χ2v) is 15.1. The topological polar surface area (TPSA) is 228 Å². The lowest BCUT2D eigenvalue weighted by Gasteiger charge is -2.46. The van der Waals surface area contributed by atoms with Gasteiger partial charge in [-0.1, -0.05) is 112 Å². The SMILES string of the molecule is CC/C=C\C/C=C\C/C=C\C/C=C\C/C=C\C/C=C\CCCCC(=O)NC(COC1OC(CO)C(OC2OC(CO)C(O)C(O)C2O)C(O)C1O)C(O)CCCCCC. The van der Waals surface area contributed by atoms with Crippen molar-refractivity contribution in [2.75, 3.05) is 19.8 Å². The Morgan fingerprint density at radius 2 is 1.17 bits per heavy atom. The number of aliphatic hydroxyl groups is 8. The number of carbonyl (C=O) groups excluding carboxylic acids is 1. The third-order valence-corrected chi connectivity index (χ3v) is 10.2. The van der Waals surface area contributed by atoms with E-state index in [1.807, 2.05) is 0 Å². The lowest BCUT2D eigenvalue weighted by molar-refractivity contribution is -0.359. The Hall–Kier alpha value is -2.57. The van der Waals surface area contributed by atoms with Gasteiger partial charge in [0, 0.05) is 6.42 Å². The van der Waals surface area contributed by atoms with Crippen LogP contribution in [-0.2, 0) is 23.7 Å². The van der Waals surface area contributed by atoms with Crippen LogP contribution in [0.1, 0.15) is 110 Å². The molecular formula is C45H75NO13. The molecular weight excluding hydrogens is 762 g/mol. The first kappa shape index (κ1) is 52.6. The molecule has 0 aromatic carbocycles. The Morgan fingerprint density at radius 3 is 1.73 bits per heavy atom. The fourth-order valence-corrected chi connectivity index (χ4v) is 6.59. The summed E-state index contributed by atoms with van der Waals surface area (Å²) in [5.74, 6) is -0.264. The summed E-state index contributed by atoms with van der Waals surface area (Å²) in [6.45, 7) is 2.52. The Bertz CT molecular complexity index is 1270. The third-order valence-electron chi connectivity index (χ3n) is 10.2. The molecule has 14 nitrogen and oxygen atoms in total. The van der Waals surface area contributed by atoms with Crippen LogP contribution in [0.5, 0.6) is 0 Å². The number of carbonyl (C=O) groups is 1. The average Bonchev–Trinajstić information content (AvgIpc) is 3.23. The highest BCUT2D eigenvalue weighted by molar-refractivity contribution is 5.76. The number of hydrogen-bond donors (Lipinski definition) is 9. The summed E-state index contributed by atoms with van der Waals surface area (Å²) in [7, 11) is 0. The highest BCUT2D eigenvalue weighted by Crippen LogP contribution is 2.30. The van der Waals surface area contributed by atoms with Crippen molar-refractivity contribution in [3.63, 3.8) is 0 Å². The van der Waals surface area contributed by atoms with E-state index in [4.69, 9.17) is 18.9 Å². The highest BCUT2D eigenvalue weighted by atomic mass is 16.7. The summed E-state index contributed by atoms with van der Waals surface area (Å²) in [4.78, 5) is 13.0. The fraction of sp³-hybridized carbons (Fsp3) is 0.711. The van der Waals surface area contributed by atoms with E-state index >= 15 is 0 Å². The van der Waals surface area contributed by atoms with Crippen LogP contribution < -0.4 is 5.32 Å². The molecule has 338 valence electrons. The maximum Gasteiger partial charge on any atom is 0.220 e. The normalized spacial score (nSPS) is 29.3. The minimum Gasteiger partial charge on any atom is -0.394 e. The first-order chi connectivity index (χ1) is 28.6. The number of amides is 1. The van der Waals surface area contributed by atoms with Crippen molar-refractivity contribution < 1.29 is 64.6 Å². The molecule has 2 saturated heterocycles. The molecule has 0 aromatic heterocycles. The molecule has 0 aromatic rings. The van der Waals surface area contributed by atoms with Gasteiger partial charge in [-0.05, 0) is 64.2 Å². The van der Waals surface area contributed by atoms with Crippen molar-refractivity contribution in [2.45, 2.75) is 184 Å². The number of aliphatic hydroxyl groups excluding tert-OH is 8. The van der Waals surface area contributed by atoms with Gasteiger partial charge in [0.1, 0.15) is 48.8 Å². The van der Waals surface area contributed by atoms with Gasteiger partial charge < -0.3 is 65.1 Å². The molecule has 2 aliphatic rings. The van der Waals surface area contributed by atoms with Gasteiger partial charge in [-0.2, -0.15) is 0 Å². The zero-order valence-corrected chi connectivity index (χ0v) is 35.2. The van der Waals surface area contributed by atoms with E-state index in [1.165, 1.54) is 0 Å². The molecule has 0 radical (unpaired) electrons. The lowest BCUT2D eigenvalue weighted by Crippen LogP contribution is -2.65. The zero-order valence-electron chi connectivity index (χ0n) is 35.2. The number of allylic oxidation sites excluding steroid dienone is 12. The first-order valence-corrected chi connectivity index (χ1v) is 21.7. The number of unbranched alkanes of at least 4 members (excludes halogenated alkanes) is 5. The van der Waals surface area contributed by atoms with Crippen molar-refractivity contribution in [3.05, 3.63) is 72.9 Å². The van der Waals surface area contributed by atoms with Gasteiger partial charge in [-0.25, -0.2) is 0 Å². The van der Waals surface area contributed by atoms with Crippen LogP contribution in [0.25, 0.3) is 0 Å². The molecule has 0 bridgehead atoms. The van der Waals surface area contributed by atoms with Crippen LogP contribution in [0.4, 0.5) is 0 Å². The third kappa shape index (κ3) is 20.7. The predicted octanol–water partition coefficient (Wildman–Crippen LogP) is 3.70. The molecule has 1 amide bonds. The van der Waals surface area contributed by atoms with E-state index in [9.17, 15) is 45.6 Å². The van der Waals surface area contributed by atoms with Gasteiger partial charge in [-0.3, -0.25) is 4.79 Å². The molecule has 2 rings (SSSR count). The number of rotatable bonds is 30. The van der Waals surface area contributed by atoms with Crippen molar-refractivity contribution in [1.82, 2.24) is 5.32 Å². The van der Waals surface area contributed by atoms with E-state index in [1.54, 1.807) is 0 Å². The van der Waals surface area contributed by atoms with E-state index in [-0.39, 0.29) is 18.9 Å². The smallest absolute Gasteiger partial charge is 0.220 e. The van der Waals surface area contributed by atoms with Crippen LogP contribution in [0.15, 0.2) is 72.9 Å². The maximum absolute atomic E-state index is 13.0. The number of hydrogen-bond acceptors (Lipinski definition) is 13. The Balaban J connectivity index is 1.78. The standard InChI is InChI=1S/C45H75NO13/c1-3-5-7-9-10-11-12-13-14-15-16-17-18-19-20-21-22-23-24-25-27-29-37(50)46-33(34(49)28-26-8-6-4-2)32-56-44-42(55)40(53)43(36(31-48)58-44)59-45-41(54)39(52)38(51)35(30-47)57-45/h5,7,10-11,13-14,16-17,19-20,22-23,33-36,38-45,47-49,51-55H,3-4,6,8-9,12,15,18,21,24-32H2,1-2H3,(H,46,50)/b7-5-,11-10-,14-13-,17-16-,20-19-,23-22-. The van der Waals surface area contributed by atoms with E-state index < -0.39 is 86.8 Å². The fourth-order valence-electron chi connectivity index (χ4n) is 6.59. The summed E-state index contributed by atoms with van der Waals surface area (Å²) >= 11 is 0. The first-order valence-electron chi connectivity index (χ1n) is 21.7. The largest absolute Gasteiger partial charge is 0.394 e. The van der Waals surface area contributed by atoms with Gasteiger partial charge in [0.05, 0.1) is 32.0 Å². The summed E-state index contributed by atoms with van der Waals surface area (Å²) in [6.07, 6.45) is 21.4. The molecule has 2 aliphatic heterocycles. The summed E-state index contributed by atoms with van der Waals surface area (Å²) in [5.41, 5.74) is 0. The Morgan fingerprint density at radius 1 is 0.627 bits per heavy atom. The van der Waals surface area contributed by atoms with E-state index in [0.717, 1.165) is 77.0 Å². The van der Waals surface area contributed by atoms with Gasteiger partial charge in [0.25, 0.3) is 0 Å². The second-order valence-electron chi connectivity index (χ2n) is 15.1. The minimum absolute atomic E-state index is 0.243. The van der Waals surface area contributed by atoms with Crippen LogP contribution in [-0.4, -0.2) is 140 Å². The molecule has 0 aliphatic carbocycles. The molecule has 12 unspecified atom stereocenters. The quantitative estimate of drug-likeness (QED) is 0.0372. The van der Waals surface area contributed by atoms with E-state index in [0.29, 0.717) is 12.8 Å². The molecule has 2 heterocycles. The Labute approximate surface area is 351 Å². The van der Waals surface area contributed by atoms with Gasteiger partial charge in [0.15, 0.2) is 12.6 Å². The summed E-state index contributed by atoms with van der Waals surface area (Å²) in [6, 6.07) is -0.851. The number of ether oxygens (including phenoxy) is 4. The molecule has 12 atom stereocenters. The van der Waals surface area contributed by atoms with Crippen LogP contribution in [0.2, 0.25) is 0 Å². The molecule has 0 saturated carbocycles. The van der Waals surface area contributed by atoms with Crippen LogP contribution >= 0.6 is 0 Å². The summed E-state index contributed by atoms with van der Waals surface area (Å²) in [5, 5.41) is 85.9. The molecule has 59 heavy (non-hydrogen) atoms. The minimum atomic E-state index is -1.79. The molecule has 9 N–H and O–H groups in total. The van der Waals surface area contributed by atoms with Gasteiger partial charge in [-0.15, -0.1) is 0 Å². The van der Waals surface area contributed by atoms with Gasteiger partial charge in [0.2, 0.25) is 5.91 Å². The van der Waals surface area contributed by atoms with Crippen molar-refractivity contribution in [1.29, 1.82) is 0 Å².